The summed E-state index contributed by atoms with van der Waals surface area (Å²) in [6, 6.07) is 12.9. The van der Waals surface area contributed by atoms with Gasteiger partial charge in [0.2, 0.25) is 5.72 Å². The number of nitrogens with one attached hydrogen (secondary N) is 1. The number of halogens is 1. The van der Waals surface area contributed by atoms with Gasteiger partial charge in [0.15, 0.2) is 5.11 Å². The second-order valence-electron chi connectivity index (χ2n) is 7.03. The highest BCUT2D eigenvalue weighted by Crippen LogP contribution is 2.50. The molecule has 0 spiro atoms. The number of ether oxygens (including phenoxy) is 3. The summed E-state index contributed by atoms with van der Waals surface area (Å²) in [6.07, 6.45) is 0. The van der Waals surface area contributed by atoms with Crippen molar-refractivity contribution in [1.29, 1.82) is 0 Å². The highest BCUT2D eigenvalue weighted by Gasteiger charge is 2.59. The minimum atomic E-state index is -1.06. The summed E-state index contributed by atoms with van der Waals surface area (Å²) >= 11 is 9.16. The molecule has 0 aromatic heterocycles. The fraction of sp³-hybridized carbons (Fsp3) is 0.333. The van der Waals surface area contributed by atoms with Gasteiger partial charge in [-0.05, 0) is 68.5 Å². The van der Waals surface area contributed by atoms with E-state index in [2.05, 4.69) is 21.2 Å². The molecule has 152 valence electrons. The van der Waals surface area contributed by atoms with Gasteiger partial charge in [0.1, 0.15) is 17.4 Å². The molecule has 2 aromatic carbocycles. The van der Waals surface area contributed by atoms with Gasteiger partial charge in [-0.25, -0.2) is 0 Å². The van der Waals surface area contributed by atoms with Crippen LogP contribution in [0.4, 0.5) is 5.69 Å². The van der Waals surface area contributed by atoms with Crippen LogP contribution >= 0.6 is 28.1 Å². The number of anilines is 1. The number of thiocarbonyl (C=S) groups is 1. The van der Waals surface area contributed by atoms with Crippen LogP contribution in [0.5, 0.6) is 11.5 Å². The molecule has 0 saturated carbocycles. The summed E-state index contributed by atoms with van der Waals surface area (Å²) in [4.78, 5) is 14.9. The van der Waals surface area contributed by atoms with E-state index in [4.69, 9.17) is 26.4 Å². The van der Waals surface area contributed by atoms with E-state index in [0.29, 0.717) is 16.6 Å². The molecule has 2 aliphatic heterocycles. The van der Waals surface area contributed by atoms with Crippen LogP contribution in [0.25, 0.3) is 0 Å². The van der Waals surface area contributed by atoms with Gasteiger partial charge in [-0.2, -0.15) is 0 Å². The number of carbonyl (C=O) groups is 1. The number of fused-ring (bicyclic) bond motifs is 4. The Morgan fingerprint density at radius 3 is 2.69 bits per heavy atom. The number of esters is 1. The molecule has 2 aliphatic rings. The van der Waals surface area contributed by atoms with E-state index in [1.807, 2.05) is 54.3 Å². The standard InChI is InChI=1S/C21H21BrN2O4S/c1-4-27-19(25)17-18-15-11-14(26-3)9-10-16(15)28-21(17,2)24(20(29)23-18)13-7-5-12(22)6-8-13/h5-11,17-18H,4H2,1-3H3,(H,23,29)/t17-,18-,21-/m0/s1. The molecule has 2 heterocycles. The zero-order valence-corrected chi connectivity index (χ0v) is 18.7. The molecule has 0 unspecified atom stereocenters. The molecule has 8 heteroatoms. The summed E-state index contributed by atoms with van der Waals surface area (Å²) in [5.74, 6) is 0.376. The van der Waals surface area contributed by atoms with Crippen LogP contribution in [0.2, 0.25) is 0 Å². The van der Waals surface area contributed by atoms with Gasteiger partial charge in [0, 0.05) is 15.7 Å². The van der Waals surface area contributed by atoms with Crippen molar-refractivity contribution >= 4 is 44.9 Å². The summed E-state index contributed by atoms with van der Waals surface area (Å²) in [7, 11) is 1.60. The molecule has 29 heavy (non-hydrogen) atoms. The molecule has 2 bridgehead atoms. The molecule has 1 N–H and O–H groups in total. The normalized spacial score (nSPS) is 24.8. The van der Waals surface area contributed by atoms with Crippen molar-refractivity contribution < 1.29 is 19.0 Å². The van der Waals surface area contributed by atoms with E-state index < -0.39 is 17.7 Å². The second-order valence-corrected chi connectivity index (χ2v) is 8.33. The molecule has 0 radical (unpaired) electrons. The van der Waals surface area contributed by atoms with Crippen LogP contribution in [0.15, 0.2) is 46.9 Å². The minimum Gasteiger partial charge on any atom is -0.497 e. The zero-order valence-electron chi connectivity index (χ0n) is 16.3. The monoisotopic (exact) mass is 476 g/mol. The van der Waals surface area contributed by atoms with E-state index in [1.54, 1.807) is 14.0 Å². The minimum absolute atomic E-state index is 0.284. The average molecular weight is 477 g/mol. The Balaban J connectivity index is 1.88. The van der Waals surface area contributed by atoms with Crippen LogP contribution in [0.3, 0.4) is 0 Å². The van der Waals surface area contributed by atoms with Gasteiger partial charge in [-0.3, -0.25) is 9.69 Å². The van der Waals surface area contributed by atoms with E-state index in [9.17, 15) is 4.79 Å². The first-order valence-electron chi connectivity index (χ1n) is 9.29. The third kappa shape index (κ3) is 3.24. The predicted molar refractivity (Wildman–Crippen MR) is 117 cm³/mol. The Bertz CT molecular complexity index is 968. The zero-order chi connectivity index (χ0) is 20.8. The van der Waals surface area contributed by atoms with E-state index in [1.165, 1.54) is 0 Å². The van der Waals surface area contributed by atoms with Crippen LogP contribution in [-0.2, 0) is 9.53 Å². The largest absolute Gasteiger partial charge is 0.497 e. The Hall–Kier alpha value is -2.32. The van der Waals surface area contributed by atoms with Crippen LogP contribution < -0.4 is 19.7 Å². The third-order valence-corrected chi connectivity index (χ3v) is 6.16. The van der Waals surface area contributed by atoms with Gasteiger partial charge in [0.25, 0.3) is 0 Å². The quantitative estimate of drug-likeness (QED) is 0.524. The number of rotatable bonds is 4. The molecule has 0 amide bonds. The highest BCUT2D eigenvalue weighted by atomic mass is 79.9. The van der Waals surface area contributed by atoms with Gasteiger partial charge >= 0.3 is 5.97 Å². The van der Waals surface area contributed by atoms with Gasteiger partial charge in [-0.1, -0.05) is 15.9 Å². The van der Waals surface area contributed by atoms with Crippen molar-refractivity contribution in [2.45, 2.75) is 25.6 Å². The number of hydrogen-bond acceptors (Lipinski definition) is 5. The topological polar surface area (TPSA) is 60.0 Å². The lowest BCUT2D eigenvalue weighted by molar-refractivity contribution is -0.159. The number of carbonyl (C=O) groups excluding carboxylic acids is 1. The summed E-state index contributed by atoms with van der Waals surface area (Å²) in [5.41, 5.74) is 0.574. The molecule has 2 aromatic rings. The number of nitrogens with zero attached hydrogens (tertiary/aromatic N) is 1. The Kier molecular flexibility index (Phi) is 5.16. The Labute approximate surface area is 183 Å². The van der Waals surface area contributed by atoms with Crippen LogP contribution in [0.1, 0.15) is 25.5 Å². The van der Waals surface area contributed by atoms with E-state index in [0.717, 1.165) is 15.7 Å². The molecule has 6 nitrogen and oxygen atoms in total. The first-order valence-corrected chi connectivity index (χ1v) is 10.5. The van der Waals surface area contributed by atoms with Crippen molar-refractivity contribution in [2.24, 2.45) is 5.92 Å². The number of benzene rings is 2. The lowest BCUT2D eigenvalue weighted by Gasteiger charge is -2.55. The van der Waals surface area contributed by atoms with E-state index in [-0.39, 0.29) is 12.6 Å². The molecular formula is C21H21BrN2O4S. The summed E-state index contributed by atoms with van der Waals surface area (Å²) in [6.45, 7) is 3.96. The molecule has 0 aliphatic carbocycles. The highest BCUT2D eigenvalue weighted by molar-refractivity contribution is 9.10. The van der Waals surface area contributed by atoms with Crippen LogP contribution in [0, 0.1) is 5.92 Å². The molecule has 3 atom stereocenters. The lowest BCUT2D eigenvalue weighted by Crippen LogP contribution is -2.71. The summed E-state index contributed by atoms with van der Waals surface area (Å²) < 4.78 is 18.2. The van der Waals surface area contributed by atoms with Gasteiger partial charge in [-0.15, -0.1) is 0 Å². The Morgan fingerprint density at radius 1 is 1.31 bits per heavy atom. The molecule has 4 rings (SSSR count). The fourth-order valence-electron chi connectivity index (χ4n) is 4.06. The number of methoxy groups -OCH3 is 1. The lowest BCUT2D eigenvalue weighted by atomic mass is 9.79. The maximum absolute atomic E-state index is 13.1. The first-order chi connectivity index (χ1) is 13.9. The van der Waals surface area contributed by atoms with E-state index >= 15 is 0 Å². The van der Waals surface area contributed by atoms with Crippen molar-refractivity contribution in [3.8, 4) is 11.5 Å². The average Bonchev–Trinajstić information content (AvgIpc) is 2.68. The van der Waals surface area contributed by atoms with Crippen LogP contribution in [-0.4, -0.2) is 30.5 Å². The van der Waals surface area contributed by atoms with Gasteiger partial charge in [0.05, 0.1) is 19.8 Å². The number of hydrogen-bond donors (Lipinski definition) is 1. The second kappa shape index (κ2) is 7.50. The van der Waals surface area contributed by atoms with Crippen molar-refractivity contribution in [3.63, 3.8) is 0 Å². The maximum atomic E-state index is 13.1. The van der Waals surface area contributed by atoms with Gasteiger partial charge < -0.3 is 19.5 Å². The fourth-order valence-corrected chi connectivity index (χ4v) is 4.74. The third-order valence-electron chi connectivity index (χ3n) is 5.33. The van der Waals surface area contributed by atoms with Crippen molar-refractivity contribution in [1.82, 2.24) is 5.32 Å². The smallest absolute Gasteiger partial charge is 0.317 e. The molecule has 1 saturated heterocycles. The molecule has 1 fully saturated rings. The van der Waals surface area contributed by atoms with Crippen molar-refractivity contribution in [3.05, 3.63) is 52.5 Å². The summed E-state index contributed by atoms with van der Waals surface area (Å²) in [5, 5.41) is 3.82. The SMILES string of the molecule is CCOC(=O)[C@@H]1[C@H]2NC(=S)N(c3ccc(Br)cc3)[C@@]1(C)Oc1ccc(OC)cc12. The maximum Gasteiger partial charge on any atom is 0.317 e. The van der Waals surface area contributed by atoms with Crippen molar-refractivity contribution in [2.75, 3.05) is 18.6 Å². The molecular weight excluding hydrogens is 456 g/mol. The predicted octanol–water partition coefficient (Wildman–Crippen LogP) is 4.18. The Morgan fingerprint density at radius 2 is 2.03 bits per heavy atom. The first kappa shape index (κ1) is 20.0.